The van der Waals surface area contributed by atoms with Crippen LogP contribution >= 0.6 is 0 Å². The van der Waals surface area contributed by atoms with Crippen molar-refractivity contribution < 1.29 is 4.79 Å². The molecule has 1 amide bonds. The summed E-state index contributed by atoms with van der Waals surface area (Å²) in [5.74, 6) is 6.33. The van der Waals surface area contributed by atoms with Crippen LogP contribution in [0.25, 0.3) is 0 Å². The lowest BCUT2D eigenvalue weighted by atomic mass is 10.0. The van der Waals surface area contributed by atoms with Crippen LogP contribution in [-0.2, 0) is 0 Å². The minimum Gasteiger partial charge on any atom is -0.339 e. The maximum atomic E-state index is 12.2. The van der Waals surface area contributed by atoms with E-state index in [9.17, 15) is 4.79 Å². The van der Waals surface area contributed by atoms with Crippen LogP contribution in [0, 0.1) is 5.92 Å². The van der Waals surface area contributed by atoms with Gasteiger partial charge in [0, 0.05) is 19.3 Å². The number of hydrazine groups is 1. The van der Waals surface area contributed by atoms with Crippen LogP contribution in [0.1, 0.15) is 37.6 Å². The number of nitrogens with one attached hydrogen (secondary N) is 1. The second-order valence-electron chi connectivity index (χ2n) is 4.97. The molecule has 5 heteroatoms. The van der Waals surface area contributed by atoms with Crippen molar-refractivity contribution in [1.82, 2.24) is 9.88 Å². The molecule has 5 nitrogen and oxygen atoms in total. The standard InChI is InChI=1S/C13H22N4O/c1-9(2)7-10(3)17(4)13(18)11-5-6-12(16-14)15-8-11/h5-6,8-10H,7,14H2,1-4H3,(H,15,16). The normalized spacial score (nSPS) is 12.3. The number of aromatic nitrogens is 1. The van der Waals surface area contributed by atoms with E-state index in [1.54, 1.807) is 17.0 Å². The van der Waals surface area contributed by atoms with Crippen LogP contribution in [0.3, 0.4) is 0 Å². The maximum Gasteiger partial charge on any atom is 0.255 e. The van der Waals surface area contributed by atoms with Gasteiger partial charge in [0.25, 0.3) is 5.91 Å². The number of amides is 1. The summed E-state index contributed by atoms with van der Waals surface area (Å²) in [6, 6.07) is 3.63. The lowest BCUT2D eigenvalue weighted by Gasteiger charge is -2.26. The third kappa shape index (κ3) is 3.70. The van der Waals surface area contributed by atoms with Crippen molar-refractivity contribution in [2.75, 3.05) is 12.5 Å². The third-order valence-electron chi connectivity index (χ3n) is 2.95. The van der Waals surface area contributed by atoms with Crippen molar-refractivity contribution in [2.45, 2.75) is 33.2 Å². The Morgan fingerprint density at radius 3 is 2.56 bits per heavy atom. The first kappa shape index (κ1) is 14.4. The number of carbonyl (C=O) groups excluding carboxylic acids is 1. The van der Waals surface area contributed by atoms with Crippen molar-refractivity contribution in [3.05, 3.63) is 23.9 Å². The summed E-state index contributed by atoms with van der Waals surface area (Å²) in [6.07, 6.45) is 2.52. The highest BCUT2D eigenvalue weighted by Gasteiger charge is 2.18. The van der Waals surface area contributed by atoms with Crippen LogP contribution in [0.15, 0.2) is 18.3 Å². The fourth-order valence-corrected chi connectivity index (χ4v) is 1.85. The monoisotopic (exact) mass is 250 g/mol. The van der Waals surface area contributed by atoms with Gasteiger partial charge in [-0.2, -0.15) is 0 Å². The summed E-state index contributed by atoms with van der Waals surface area (Å²) in [7, 11) is 1.82. The topological polar surface area (TPSA) is 71.2 Å². The molecule has 1 heterocycles. The molecule has 18 heavy (non-hydrogen) atoms. The van der Waals surface area contributed by atoms with Crippen LogP contribution < -0.4 is 11.3 Å². The van der Waals surface area contributed by atoms with E-state index in [0.717, 1.165) is 6.42 Å². The zero-order valence-corrected chi connectivity index (χ0v) is 11.5. The molecule has 1 atom stereocenters. The van der Waals surface area contributed by atoms with E-state index < -0.39 is 0 Å². The summed E-state index contributed by atoms with van der Waals surface area (Å²) < 4.78 is 0. The van der Waals surface area contributed by atoms with Crippen molar-refractivity contribution in [2.24, 2.45) is 11.8 Å². The van der Waals surface area contributed by atoms with E-state index in [2.05, 4.69) is 31.2 Å². The number of nitrogens with zero attached hydrogens (tertiary/aromatic N) is 2. The van der Waals surface area contributed by atoms with Crippen molar-refractivity contribution in [3.63, 3.8) is 0 Å². The molecule has 0 saturated heterocycles. The van der Waals surface area contributed by atoms with Gasteiger partial charge < -0.3 is 10.3 Å². The number of hydrogen-bond donors (Lipinski definition) is 2. The average Bonchev–Trinajstić information content (AvgIpc) is 2.36. The molecule has 0 radical (unpaired) electrons. The smallest absolute Gasteiger partial charge is 0.255 e. The predicted molar refractivity (Wildman–Crippen MR) is 73.1 cm³/mol. The van der Waals surface area contributed by atoms with Gasteiger partial charge in [-0.1, -0.05) is 13.8 Å². The lowest BCUT2D eigenvalue weighted by molar-refractivity contribution is 0.0728. The Kier molecular flexibility index (Phi) is 5.09. The molecule has 1 aromatic rings. The Bertz CT molecular complexity index is 388. The van der Waals surface area contributed by atoms with E-state index in [1.807, 2.05) is 7.05 Å². The molecular formula is C13H22N4O. The summed E-state index contributed by atoms with van der Waals surface area (Å²) >= 11 is 0. The Morgan fingerprint density at radius 1 is 1.44 bits per heavy atom. The maximum absolute atomic E-state index is 12.2. The Labute approximate surface area is 108 Å². The van der Waals surface area contributed by atoms with Crippen LogP contribution in [0.2, 0.25) is 0 Å². The van der Waals surface area contributed by atoms with Gasteiger partial charge in [0.1, 0.15) is 5.82 Å². The third-order valence-corrected chi connectivity index (χ3v) is 2.95. The van der Waals surface area contributed by atoms with Gasteiger partial charge in [0.2, 0.25) is 0 Å². The summed E-state index contributed by atoms with van der Waals surface area (Å²) in [5.41, 5.74) is 3.01. The molecular weight excluding hydrogens is 228 g/mol. The molecule has 0 aromatic carbocycles. The number of rotatable bonds is 5. The van der Waals surface area contributed by atoms with Crippen molar-refractivity contribution >= 4 is 11.7 Å². The highest BCUT2D eigenvalue weighted by atomic mass is 16.2. The van der Waals surface area contributed by atoms with Gasteiger partial charge in [-0.3, -0.25) is 4.79 Å². The number of anilines is 1. The van der Waals surface area contributed by atoms with Gasteiger partial charge in [0.15, 0.2) is 0 Å². The van der Waals surface area contributed by atoms with Crippen molar-refractivity contribution in [1.29, 1.82) is 0 Å². The fraction of sp³-hybridized carbons (Fsp3) is 0.538. The van der Waals surface area contributed by atoms with Gasteiger partial charge in [-0.25, -0.2) is 10.8 Å². The summed E-state index contributed by atoms with van der Waals surface area (Å²) in [4.78, 5) is 18.0. The summed E-state index contributed by atoms with van der Waals surface area (Å²) in [5, 5.41) is 0. The predicted octanol–water partition coefficient (Wildman–Crippen LogP) is 1.87. The highest BCUT2D eigenvalue weighted by molar-refractivity contribution is 5.94. The first-order valence-electron chi connectivity index (χ1n) is 6.15. The molecule has 0 aliphatic heterocycles. The molecule has 0 spiro atoms. The van der Waals surface area contributed by atoms with Gasteiger partial charge in [-0.05, 0) is 31.4 Å². The van der Waals surface area contributed by atoms with Crippen LogP contribution in [-0.4, -0.2) is 28.9 Å². The molecule has 1 rings (SSSR count). The van der Waals surface area contributed by atoms with E-state index in [4.69, 9.17) is 5.84 Å². The number of nitrogen functional groups attached to an aromatic ring is 1. The molecule has 3 N–H and O–H groups in total. The number of pyridine rings is 1. The molecule has 100 valence electrons. The largest absolute Gasteiger partial charge is 0.339 e. The first-order valence-corrected chi connectivity index (χ1v) is 6.15. The molecule has 0 aliphatic carbocycles. The molecule has 0 saturated carbocycles. The Balaban J connectivity index is 2.73. The van der Waals surface area contributed by atoms with E-state index in [1.165, 1.54) is 6.20 Å². The number of hydrogen-bond acceptors (Lipinski definition) is 4. The zero-order valence-electron chi connectivity index (χ0n) is 11.5. The van der Waals surface area contributed by atoms with Crippen molar-refractivity contribution in [3.8, 4) is 0 Å². The Morgan fingerprint density at radius 2 is 2.11 bits per heavy atom. The second kappa shape index (κ2) is 6.35. The highest BCUT2D eigenvalue weighted by Crippen LogP contribution is 2.13. The quantitative estimate of drug-likeness (QED) is 0.618. The minimum atomic E-state index is -0.0146. The molecule has 1 unspecified atom stereocenters. The Hall–Kier alpha value is -1.62. The SMILES string of the molecule is CC(C)CC(C)N(C)C(=O)c1ccc(NN)nc1. The van der Waals surface area contributed by atoms with E-state index >= 15 is 0 Å². The zero-order chi connectivity index (χ0) is 13.7. The number of carbonyl (C=O) groups is 1. The van der Waals surface area contributed by atoms with Gasteiger partial charge >= 0.3 is 0 Å². The molecule has 0 bridgehead atoms. The molecule has 0 fully saturated rings. The van der Waals surface area contributed by atoms with Gasteiger partial charge in [-0.15, -0.1) is 0 Å². The summed E-state index contributed by atoms with van der Waals surface area (Å²) in [6.45, 7) is 6.36. The van der Waals surface area contributed by atoms with Crippen LogP contribution in [0.5, 0.6) is 0 Å². The molecule has 1 aromatic heterocycles. The minimum absolute atomic E-state index is 0.0146. The fourth-order valence-electron chi connectivity index (χ4n) is 1.85. The van der Waals surface area contributed by atoms with Gasteiger partial charge in [0.05, 0.1) is 5.56 Å². The van der Waals surface area contributed by atoms with E-state index in [0.29, 0.717) is 17.3 Å². The van der Waals surface area contributed by atoms with E-state index in [-0.39, 0.29) is 11.9 Å². The lowest BCUT2D eigenvalue weighted by Crippen LogP contribution is -2.36. The number of nitrogens with two attached hydrogens (primary N) is 1. The van der Waals surface area contributed by atoms with Crippen LogP contribution in [0.4, 0.5) is 5.82 Å². The molecule has 0 aliphatic rings. The first-order chi connectivity index (χ1) is 8.45. The second-order valence-corrected chi connectivity index (χ2v) is 4.97. The average molecular weight is 250 g/mol.